The SMILES string of the molecule is CNC(=O)c1cncc(Cn2nc(C)c(-c3ccc(C#N)c(Cl)c3)c2C)c1. The summed E-state index contributed by atoms with van der Waals surface area (Å²) in [6, 6.07) is 9.25. The van der Waals surface area contributed by atoms with Crippen LogP contribution in [0.15, 0.2) is 36.7 Å². The summed E-state index contributed by atoms with van der Waals surface area (Å²) >= 11 is 6.19. The number of hydrogen-bond acceptors (Lipinski definition) is 4. The van der Waals surface area contributed by atoms with E-state index in [0.29, 0.717) is 22.7 Å². The lowest BCUT2D eigenvalue weighted by molar-refractivity contribution is 0.0962. The summed E-state index contributed by atoms with van der Waals surface area (Å²) in [6.07, 6.45) is 3.26. The van der Waals surface area contributed by atoms with Crippen LogP contribution in [0.4, 0.5) is 0 Å². The second-order valence-electron chi connectivity index (χ2n) is 6.17. The number of rotatable bonds is 4. The van der Waals surface area contributed by atoms with E-state index in [-0.39, 0.29) is 5.91 Å². The lowest BCUT2D eigenvalue weighted by Crippen LogP contribution is -2.18. The van der Waals surface area contributed by atoms with E-state index in [1.165, 1.54) is 6.20 Å². The molecular formula is C20H18ClN5O. The maximum absolute atomic E-state index is 11.8. The standard InChI is InChI=1S/C20H18ClN5O/c1-12-19(15-4-5-16(8-22)18(21)7-15)13(2)26(25-12)11-14-6-17(10-24-9-14)20(27)23-3/h4-7,9-10H,11H2,1-3H3,(H,23,27). The maximum Gasteiger partial charge on any atom is 0.252 e. The molecule has 1 aromatic carbocycles. The summed E-state index contributed by atoms with van der Waals surface area (Å²) < 4.78 is 1.88. The minimum Gasteiger partial charge on any atom is -0.355 e. The molecule has 2 aromatic heterocycles. The average Bonchev–Trinajstić information content (AvgIpc) is 2.94. The molecule has 0 fully saturated rings. The molecule has 0 radical (unpaired) electrons. The predicted molar refractivity (Wildman–Crippen MR) is 104 cm³/mol. The van der Waals surface area contributed by atoms with Crippen molar-refractivity contribution in [2.24, 2.45) is 0 Å². The van der Waals surface area contributed by atoms with Crippen LogP contribution in [0, 0.1) is 25.2 Å². The molecule has 0 aliphatic rings. The van der Waals surface area contributed by atoms with E-state index in [0.717, 1.165) is 28.1 Å². The van der Waals surface area contributed by atoms with Gasteiger partial charge in [-0.05, 0) is 43.2 Å². The Morgan fingerprint density at radius 2 is 2.07 bits per heavy atom. The molecule has 0 aliphatic heterocycles. The molecule has 136 valence electrons. The molecule has 1 amide bonds. The van der Waals surface area contributed by atoms with Crippen molar-refractivity contribution >= 4 is 17.5 Å². The third-order valence-corrected chi connectivity index (χ3v) is 4.69. The summed E-state index contributed by atoms with van der Waals surface area (Å²) in [4.78, 5) is 16.0. The van der Waals surface area contributed by atoms with Gasteiger partial charge >= 0.3 is 0 Å². The molecule has 6 nitrogen and oxygen atoms in total. The highest BCUT2D eigenvalue weighted by Gasteiger charge is 2.15. The van der Waals surface area contributed by atoms with Gasteiger partial charge in [0.15, 0.2) is 0 Å². The fourth-order valence-electron chi connectivity index (χ4n) is 3.05. The Hall–Kier alpha value is -3.17. The summed E-state index contributed by atoms with van der Waals surface area (Å²) in [5.41, 5.74) is 5.57. The first-order valence-corrected chi connectivity index (χ1v) is 8.72. The van der Waals surface area contributed by atoms with Crippen molar-refractivity contribution < 1.29 is 4.79 Å². The summed E-state index contributed by atoms with van der Waals surface area (Å²) in [6.45, 7) is 4.41. The minimum absolute atomic E-state index is 0.175. The van der Waals surface area contributed by atoms with Gasteiger partial charge in [-0.1, -0.05) is 17.7 Å². The average molecular weight is 380 g/mol. The van der Waals surface area contributed by atoms with Crippen molar-refractivity contribution in [2.45, 2.75) is 20.4 Å². The lowest BCUT2D eigenvalue weighted by atomic mass is 10.0. The van der Waals surface area contributed by atoms with Gasteiger partial charge in [0.1, 0.15) is 6.07 Å². The molecule has 0 unspecified atom stereocenters. The smallest absolute Gasteiger partial charge is 0.252 e. The number of aromatic nitrogens is 3. The Morgan fingerprint density at radius 3 is 2.74 bits per heavy atom. The Kier molecular flexibility index (Phi) is 5.24. The van der Waals surface area contributed by atoms with E-state index in [9.17, 15) is 4.79 Å². The van der Waals surface area contributed by atoms with E-state index in [4.69, 9.17) is 16.9 Å². The number of aryl methyl sites for hydroxylation is 1. The zero-order valence-electron chi connectivity index (χ0n) is 15.2. The summed E-state index contributed by atoms with van der Waals surface area (Å²) in [7, 11) is 1.59. The highest BCUT2D eigenvalue weighted by molar-refractivity contribution is 6.32. The van der Waals surface area contributed by atoms with Gasteiger partial charge in [0.2, 0.25) is 0 Å². The van der Waals surface area contributed by atoms with Crippen molar-refractivity contribution in [3.05, 3.63) is 69.8 Å². The molecule has 0 atom stereocenters. The zero-order chi connectivity index (χ0) is 19.6. The number of amides is 1. The number of carbonyl (C=O) groups excluding carboxylic acids is 1. The lowest BCUT2D eigenvalue weighted by Gasteiger charge is -2.08. The van der Waals surface area contributed by atoms with Crippen LogP contribution in [-0.4, -0.2) is 27.7 Å². The Morgan fingerprint density at radius 1 is 1.30 bits per heavy atom. The predicted octanol–water partition coefficient (Wildman–Crippen LogP) is 3.49. The van der Waals surface area contributed by atoms with Crippen LogP contribution in [0.5, 0.6) is 0 Å². The molecule has 2 heterocycles. The molecule has 0 saturated carbocycles. The van der Waals surface area contributed by atoms with E-state index in [1.54, 1.807) is 31.4 Å². The van der Waals surface area contributed by atoms with Gasteiger partial charge in [-0.3, -0.25) is 14.5 Å². The first-order chi connectivity index (χ1) is 12.9. The third kappa shape index (κ3) is 3.69. The molecule has 0 aliphatic carbocycles. The van der Waals surface area contributed by atoms with Gasteiger partial charge in [0, 0.05) is 30.7 Å². The molecule has 27 heavy (non-hydrogen) atoms. The van der Waals surface area contributed by atoms with Gasteiger partial charge in [-0.25, -0.2) is 0 Å². The molecule has 0 bridgehead atoms. The molecule has 0 spiro atoms. The van der Waals surface area contributed by atoms with Crippen LogP contribution in [0.2, 0.25) is 5.02 Å². The Balaban J connectivity index is 1.96. The van der Waals surface area contributed by atoms with Gasteiger partial charge < -0.3 is 5.32 Å². The Labute approximate surface area is 162 Å². The van der Waals surface area contributed by atoms with Crippen molar-refractivity contribution in [3.63, 3.8) is 0 Å². The highest BCUT2D eigenvalue weighted by atomic mass is 35.5. The van der Waals surface area contributed by atoms with Crippen LogP contribution < -0.4 is 5.32 Å². The minimum atomic E-state index is -0.175. The van der Waals surface area contributed by atoms with Gasteiger partial charge in [0.25, 0.3) is 5.91 Å². The molecule has 1 N–H and O–H groups in total. The van der Waals surface area contributed by atoms with Gasteiger partial charge in [0.05, 0.1) is 28.4 Å². The molecule has 3 rings (SSSR count). The van der Waals surface area contributed by atoms with Crippen LogP contribution >= 0.6 is 11.6 Å². The van der Waals surface area contributed by atoms with E-state index >= 15 is 0 Å². The maximum atomic E-state index is 11.8. The largest absolute Gasteiger partial charge is 0.355 e. The monoisotopic (exact) mass is 379 g/mol. The summed E-state index contributed by atoms with van der Waals surface area (Å²) in [5.74, 6) is -0.175. The normalized spacial score (nSPS) is 10.5. The van der Waals surface area contributed by atoms with Crippen LogP contribution in [0.1, 0.15) is 32.9 Å². The quantitative estimate of drug-likeness (QED) is 0.752. The number of benzene rings is 1. The van der Waals surface area contributed by atoms with Crippen LogP contribution in [0.3, 0.4) is 0 Å². The molecular weight excluding hydrogens is 362 g/mol. The molecule has 7 heteroatoms. The number of nitriles is 1. The highest BCUT2D eigenvalue weighted by Crippen LogP contribution is 2.30. The van der Waals surface area contributed by atoms with Crippen molar-refractivity contribution in [1.29, 1.82) is 5.26 Å². The summed E-state index contributed by atoms with van der Waals surface area (Å²) in [5, 5.41) is 16.7. The van der Waals surface area contributed by atoms with Crippen molar-refractivity contribution in [1.82, 2.24) is 20.1 Å². The van der Waals surface area contributed by atoms with E-state index in [1.807, 2.05) is 24.6 Å². The number of nitrogens with zero attached hydrogens (tertiary/aromatic N) is 4. The number of pyridine rings is 1. The van der Waals surface area contributed by atoms with Gasteiger partial charge in [-0.15, -0.1) is 0 Å². The molecule has 0 saturated heterocycles. The fourth-order valence-corrected chi connectivity index (χ4v) is 3.27. The fraction of sp³-hybridized carbons (Fsp3) is 0.200. The van der Waals surface area contributed by atoms with Crippen molar-refractivity contribution in [3.8, 4) is 17.2 Å². The topological polar surface area (TPSA) is 83.6 Å². The second-order valence-corrected chi connectivity index (χ2v) is 6.58. The number of halogens is 1. The zero-order valence-corrected chi connectivity index (χ0v) is 16.0. The van der Waals surface area contributed by atoms with Crippen LogP contribution in [-0.2, 0) is 6.54 Å². The Bertz CT molecular complexity index is 1060. The van der Waals surface area contributed by atoms with Crippen molar-refractivity contribution in [2.75, 3.05) is 7.05 Å². The number of hydrogen-bond donors (Lipinski definition) is 1. The third-order valence-electron chi connectivity index (χ3n) is 4.38. The van der Waals surface area contributed by atoms with Gasteiger partial charge in [-0.2, -0.15) is 10.4 Å². The molecule has 3 aromatic rings. The van der Waals surface area contributed by atoms with E-state index < -0.39 is 0 Å². The second kappa shape index (κ2) is 7.60. The van der Waals surface area contributed by atoms with E-state index in [2.05, 4.69) is 21.5 Å². The first-order valence-electron chi connectivity index (χ1n) is 8.34. The first kappa shape index (κ1) is 18.6. The van der Waals surface area contributed by atoms with Crippen LogP contribution in [0.25, 0.3) is 11.1 Å². The number of carbonyl (C=O) groups is 1. The number of nitrogens with one attached hydrogen (secondary N) is 1.